The summed E-state index contributed by atoms with van der Waals surface area (Å²) in [7, 11) is -2.89. The highest BCUT2D eigenvalue weighted by Gasteiger charge is 2.65. The number of carbonyl (C=O) groups excluding carboxylic acids is 1. The van der Waals surface area contributed by atoms with Gasteiger partial charge in [-0.25, -0.2) is 8.42 Å². The first-order chi connectivity index (χ1) is 18.3. The number of hydrogen-bond acceptors (Lipinski definition) is 7. The maximum Gasteiger partial charge on any atom is 0.306 e. The smallest absolute Gasteiger partial charge is 0.306 e. The van der Waals surface area contributed by atoms with Crippen LogP contribution in [-0.2, 0) is 19.4 Å². The topological polar surface area (TPSA) is 126 Å². The van der Waals surface area contributed by atoms with E-state index in [0.717, 1.165) is 51.4 Å². The summed E-state index contributed by atoms with van der Waals surface area (Å²) in [6.45, 7) is 8.95. The lowest BCUT2D eigenvalue weighted by atomic mass is 9.43. The van der Waals surface area contributed by atoms with Crippen LogP contribution in [0.25, 0.3) is 0 Å². The van der Waals surface area contributed by atoms with Gasteiger partial charge < -0.3 is 25.0 Å². The van der Waals surface area contributed by atoms with Gasteiger partial charge in [0.1, 0.15) is 13.2 Å². The van der Waals surface area contributed by atoms with Crippen LogP contribution in [-0.4, -0.2) is 85.8 Å². The second kappa shape index (κ2) is 11.2. The largest absolute Gasteiger partial charge is 0.460 e. The summed E-state index contributed by atoms with van der Waals surface area (Å²) in [5.41, 5.74) is -0.191. The summed E-state index contributed by atoms with van der Waals surface area (Å²) in [4.78, 5) is 13.7. The van der Waals surface area contributed by atoms with E-state index in [1.807, 2.05) is 0 Å². The van der Waals surface area contributed by atoms with E-state index in [4.69, 9.17) is 4.74 Å². The van der Waals surface area contributed by atoms with E-state index >= 15 is 0 Å². The molecule has 1 saturated heterocycles. The quantitative estimate of drug-likeness (QED) is 0.339. The summed E-state index contributed by atoms with van der Waals surface area (Å²) in [6.07, 6.45) is 6.11. The summed E-state index contributed by atoms with van der Waals surface area (Å²) < 4.78 is 28.7. The van der Waals surface area contributed by atoms with Gasteiger partial charge in [-0.05, 0) is 97.7 Å². The lowest BCUT2D eigenvalue weighted by Gasteiger charge is -2.63. The van der Waals surface area contributed by atoms with E-state index in [1.165, 1.54) is 4.90 Å². The molecule has 11 atom stereocenters. The molecule has 39 heavy (non-hydrogen) atoms. The van der Waals surface area contributed by atoms with Gasteiger partial charge in [0.2, 0.25) is 0 Å². The van der Waals surface area contributed by atoms with Gasteiger partial charge in [-0.2, -0.15) is 0 Å². The van der Waals surface area contributed by atoms with Crippen LogP contribution in [0, 0.1) is 46.3 Å². The van der Waals surface area contributed by atoms with Crippen molar-refractivity contribution in [2.75, 3.05) is 37.7 Å². The monoisotopic (exact) mass is 570 g/mol. The van der Waals surface area contributed by atoms with Crippen molar-refractivity contribution < 1.29 is 38.2 Å². The zero-order valence-corrected chi connectivity index (χ0v) is 25.0. The molecule has 0 bridgehead atoms. The fourth-order valence-electron chi connectivity index (χ4n) is 10.1. The van der Waals surface area contributed by atoms with Crippen molar-refractivity contribution in [1.82, 2.24) is 0 Å². The molecule has 224 valence electrons. The van der Waals surface area contributed by atoms with Crippen LogP contribution >= 0.6 is 0 Å². The predicted octanol–water partition coefficient (Wildman–Crippen LogP) is 1.22. The molecule has 4 N–H and O–H groups in total. The van der Waals surface area contributed by atoms with Gasteiger partial charge in [-0.15, -0.1) is 0 Å². The molecule has 0 aromatic carbocycles. The number of rotatable bonds is 7. The summed E-state index contributed by atoms with van der Waals surface area (Å²) in [5, 5.41) is 33.5. The van der Waals surface area contributed by atoms with Crippen molar-refractivity contribution in [2.24, 2.45) is 46.3 Å². The van der Waals surface area contributed by atoms with E-state index in [2.05, 4.69) is 20.8 Å². The summed E-state index contributed by atoms with van der Waals surface area (Å²) in [5.74, 6) is 1.88. The van der Waals surface area contributed by atoms with Gasteiger partial charge in [0.25, 0.3) is 0 Å². The highest BCUT2D eigenvalue weighted by atomic mass is 32.2. The fraction of sp³-hybridized carbons (Fsp3) is 0.967. The lowest BCUT2D eigenvalue weighted by molar-refractivity contribution is -0.896. The van der Waals surface area contributed by atoms with Gasteiger partial charge >= 0.3 is 5.97 Å². The average Bonchev–Trinajstić information content (AvgIpc) is 3.24. The Hall–Kier alpha value is -0.740. The fourth-order valence-corrected chi connectivity index (χ4v) is 11.5. The number of esters is 1. The molecule has 5 aliphatic rings. The van der Waals surface area contributed by atoms with Crippen LogP contribution in [0.4, 0.5) is 0 Å². The van der Waals surface area contributed by atoms with Crippen molar-refractivity contribution in [3.63, 3.8) is 0 Å². The Morgan fingerprint density at radius 3 is 2.46 bits per heavy atom. The van der Waals surface area contributed by atoms with Gasteiger partial charge in [-0.1, -0.05) is 20.8 Å². The van der Waals surface area contributed by atoms with E-state index in [-0.39, 0.29) is 64.2 Å². The molecule has 4 unspecified atom stereocenters. The van der Waals surface area contributed by atoms with E-state index in [9.17, 15) is 28.5 Å². The highest BCUT2D eigenvalue weighted by Crippen LogP contribution is 2.68. The molecule has 8 nitrogen and oxygen atoms in total. The first-order valence-corrected chi connectivity index (χ1v) is 17.4. The van der Waals surface area contributed by atoms with Crippen molar-refractivity contribution in [2.45, 2.75) is 96.9 Å². The molecule has 5 fully saturated rings. The summed E-state index contributed by atoms with van der Waals surface area (Å²) in [6, 6.07) is 0. The Morgan fingerprint density at radius 2 is 1.74 bits per heavy atom. The predicted molar refractivity (Wildman–Crippen MR) is 148 cm³/mol. The third-order valence-corrected chi connectivity index (χ3v) is 14.2. The van der Waals surface area contributed by atoms with E-state index in [1.54, 1.807) is 0 Å². The number of aliphatic hydroxyl groups is 3. The first kappa shape index (κ1) is 29.7. The normalized spacial score (nSPS) is 46.5. The highest BCUT2D eigenvalue weighted by molar-refractivity contribution is 7.91. The maximum absolute atomic E-state index is 12.5. The Labute approximate surface area is 234 Å². The van der Waals surface area contributed by atoms with Crippen LogP contribution < -0.4 is 4.90 Å². The van der Waals surface area contributed by atoms with Gasteiger partial charge in [-0.3, -0.25) is 4.79 Å². The molecule has 0 spiro atoms. The molecule has 9 heteroatoms. The number of quaternary nitrogens is 1. The molecule has 0 amide bonds. The molecule has 0 aromatic rings. The lowest BCUT2D eigenvalue weighted by Crippen LogP contribution is -3.14. The Bertz CT molecular complexity index is 991. The van der Waals surface area contributed by atoms with Crippen LogP contribution in [0.2, 0.25) is 0 Å². The molecular weight excluding hydrogens is 518 g/mol. The maximum atomic E-state index is 12.5. The van der Waals surface area contributed by atoms with Crippen molar-refractivity contribution in [3.8, 4) is 0 Å². The second-order valence-corrected chi connectivity index (χ2v) is 16.7. The minimum absolute atomic E-state index is 0.0725. The van der Waals surface area contributed by atoms with Gasteiger partial charge in [0.15, 0.2) is 9.84 Å². The van der Waals surface area contributed by atoms with Crippen LogP contribution in [0.3, 0.4) is 0 Å². The molecular formula is C30H52NO7S+. The van der Waals surface area contributed by atoms with Gasteiger partial charge in [0.05, 0.1) is 42.9 Å². The second-order valence-electron chi connectivity index (χ2n) is 14.4. The molecule has 4 saturated carbocycles. The number of sulfone groups is 1. The molecule has 0 aromatic heterocycles. The van der Waals surface area contributed by atoms with Crippen molar-refractivity contribution >= 4 is 15.8 Å². The Balaban J connectivity index is 1.16. The van der Waals surface area contributed by atoms with Crippen molar-refractivity contribution in [1.29, 1.82) is 0 Å². The number of fused-ring (bicyclic) bond motifs is 5. The number of ether oxygens (including phenoxy) is 1. The number of aliphatic hydroxyl groups excluding tert-OH is 3. The van der Waals surface area contributed by atoms with Crippen LogP contribution in [0.1, 0.15) is 78.6 Å². The Kier molecular flexibility index (Phi) is 8.51. The third-order valence-electron chi connectivity index (χ3n) is 12.6. The number of hydrogen-bond donors (Lipinski definition) is 4. The average molecular weight is 571 g/mol. The van der Waals surface area contributed by atoms with Crippen molar-refractivity contribution in [3.05, 3.63) is 0 Å². The third kappa shape index (κ3) is 5.56. The number of carbonyl (C=O) groups is 1. The molecule has 1 aliphatic heterocycles. The molecule has 5 rings (SSSR count). The minimum atomic E-state index is -2.89. The molecule has 4 aliphatic carbocycles. The number of nitrogens with one attached hydrogen (secondary N) is 1. The van der Waals surface area contributed by atoms with E-state index in [0.29, 0.717) is 44.5 Å². The van der Waals surface area contributed by atoms with Crippen LogP contribution in [0.5, 0.6) is 0 Å². The zero-order chi connectivity index (χ0) is 28.2. The SMILES string of the molecule is CC(CCC(=O)OCC[NH+]1CCS(=O)(=O)CC1)[C@H]1CC[C@H]2[C@@H]3C(O)C[C@@H]4CC(O)CC[C@]4(C)[C@H]3CC(O)[C@]12C. The molecule has 0 radical (unpaired) electrons. The van der Waals surface area contributed by atoms with E-state index < -0.39 is 15.9 Å². The standard InChI is InChI=1S/C30H51NO7S/c1-19(4-7-27(35)38-13-10-31-11-14-39(36,37)15-12-31)22-5-6-23-28-24(18-26(34)30(22,23)3)29(2)9-8-21(32)16-20(29)17-25(28)33/h19-26,28,32-34H,4-18H2,1-3H3/p+1/t19?,20-,21?,22+,23-,24-,25?,26?,28-,29-,30+/m0/s1. The zero-order valence-electron chi connectivity index (χ0n) is 24.2. The first-order valence-electron chi connectivity index (χ1n) is 15.6. The van der Waals surface area contributed by atoms with Crippen LogP contribution in [0.15, 0.2) is 0 Å². The Morgan fingerprint density at radius 1 is 1.03 bits per heavy atom. The van der Waals surface area contributed by atoms with Gasteiger partial charge in [0, 0.05) is 6.42 Å². The molecule has 1 heterocycles. The summed E-state index contributed by atoms with van der Waals surface area (Å²) >= 11 is 0. The minimum Gasteiger partial charge on any atom is -0.460 e.